The minimum absolute atomic E-state index is 0.0838. The van der Waals surface area contributed by atoms with Gasteiger partial charge in [0.1, 0.15) is 6.29 Å². The lowest BCUT2D eigenvalue weighted by atomic mass is 10.1. The molecule has 0 bridgehead atoms. The molecule has 7 nitrogen and oxygen atoms in total. The lowest BCUT2D eigenvalue weighted by molar-refractivity contribution is -0.144. The molecule has 1 aromatic rings. The quantitative estimate of drug-likeness (QED) is 0.457. The number of amides is 2. The molecule has 0 aliphatic carbocycles. The van der Waals surface area contributed by atoms with Gasteiger partial charge in [0.15, 0.2) is 12.2 Å². The fourth-order valence-electron chi connectivity index (χ4n) is 1.31. The van der Waals surface area contributed by atoms with Crippen LogP contribution in [0.25, 0.3) is 0 Å². The molecule has 1 rings (SSSR count). The van der Waals surface area contributed by atoms with Gasteiger partial charge in [-0.25, -0.2) is 0 Å². The topological polar surface area (TPSA) is 130 Å². The highest BCUT2D eigenvalue weighted by Crippen LogP contribution is 2.02. The minimum atomic E-state index is -1.95. The molecule has 0 radical (unpaired) electrons. The number of aldehydes is 1. The van der Waals surface area contributed by atoms with E-state index < -0.39 is 24.0 Å². The van der Waals surface area contributed by atoms with Crippen LogP contribution in [0.3, 0.4) is 0 Å². The summed E-state index contributed by atoms with van der Waals surface area (Å²) in [4.78, 5) is 32.4. The SMILES string of the molecule is NC(=O)C(O)C(O)C(=O)NCc1ccc(C=O)cc1. The van der Waals surface area contributed by atoms with Gasteiger partial charge in [-0.05, 0) is 5.56 Å². The van der Waals surface area contributed by atoms with E-state index in [2.05, 4.69) is 5.32 Å². The van der Waals surface area contributed by atoms with Crippen molar-refractivity contribution >= 4 is 18.1 Å². The largest absolute Gasteiger partial charge is 0.380 e. The zero-order valence-electron chi connectivity index (χ0n) is 9.95. The van der Waals surface area contributed by atoms with Crippen LogP contribution in [0.2, 0.25) is 0 Å². The second kappa shape index (κ2) is 6.62. The van der Waals surface area contributed by atoms with E-state index in [0.29, 0.717) is 17.4 Å². The average Bonchev–Trinajstić information content (AvgIpc) is 2.43. The third-order valence-electron chi connectivity index (χ3n) is 2.44. The molecule has 5 N–H and O–H groups in total. The van der Waals surface area contributed by atoms with Crippen LogP contribution in [0.1, 0.15) is 15.9 Å². The van der Waals surface area contributed by atoms with Gasteiger partial charge in [0.25, 0.3) is 5.91 Å². The second-order valence-electron chi connectivity index (χ2n) is 3.87. The molecule has 2 unspecified atom stereocenters. The molecule has 0 fully saturated rings. The first-order valence-electron chi connectivity index (χ1n) is 5.43. The summed E-state index contributed by atoms with van der Waals surface area (Å²) in [6, 6.07) is 6.40. The molecule has 1 aromatic carbocycles. The van der Waals surface area contributed by atoms with Gasteiger partial charge >= 0.3 is 0 Å². The molecule has 0 spiro atoms. The maximum atomic E-state index is 11.4. The van der Waals surface area contributed by atoms with Crippen LogP contribution >= 0.6 is 0 Å². The van der Waals surface area contributed by atoms with Crippen LogP contribution in [0, 0.1) is 0 Å². The maximum absolute atomic E-state index is 11.4. The molecule has 2 atom stereocenters. The zero-order chi connectivity index (χ0) is 14.4. The van der Waals surface area contributed by atoms with Crippen LogP contribution in [0.15, 0.2) is 24.3 Å². The molecule has 7 heteroatoms. The Kier molecular flexibility index (Phi) is 5.16. The minimum Gasteiger partial charge on any atom is -0.380 e. The number of carbonyl (C=O) groups is 3. The Morgan fingerprint density at radius 3 is 2.26 bits per heavy atom. The summed E-state index contributed by atoms with van der Waals surface area (Å²) in [5.74, 6) is -2.09. The van der Waals surface area contributed by atoms with Gasteiger partial charge in [-0.15, -0.1) is 0 Å². The van der Waals surface area contributed by atoms with Crippen molar-refractivity contribution < 1.29 is 24.6 Å². The van der Waals surface area contributed by atoms with Gasteiger partial charge < -0.3 is 21.3 Å². The molecule has 0 heterocycles. The highest BCUT2D eigenvalue weighted by Gasteiger charge is 2.28. The van der Waals surface area contributed by atoms with E-state index >= 15 is 0 Å². The van der Waals surface area contributed by atoms with E-state index in [1.165, 1.54) is 0 Å². The van der Waals surface area contributed by atoms with E-state index in [0.717, 1.165) is 0 Å². The normalized spacial score (nSPS) is 13.4. The van der Waals surface area contributed by atoms with Crippen LogP contribution < -0.4 is 11.1 Å². The summed E-state index contributed by atoms with van der Waals surface area (Å²) >= 11 is 0. The molecule has 0 aromatic heterocycles. The van der Waals surface area contributed by atoms with Gasteiger partial charge in [0.2, 0.25) is 5.91 Å². The smallest absolute Gasteiger partial charge is 0.252 e. The number of primary amides is 1. The molecule has 2 amide bonds. The van der Waals surface area contributed by atoms with Crippen molar-refractivity contribution in [3.8, 4) is 0 Å². The van der Waals surface area contributed by atoms with Gasteiger partial charge in [0.05, 0.1) is 0 Å². The first-order chi connectivity index (χ1) is 8.95. The molecular weight excluding hydrogens is 252 g/mol. The van der Waals surface area contributed by atoms with E-state index in [1.807, 2.05) is 0 Å². The third kappa shape index (κ3) is 4.16. The van der Waals surface area contributed by atoms with E-state index in [9.17, 15) is 19.5 Å². The van der Waals surface area contributed by atoms with Crippen LogP contribution in [-0.2, 0) is 16.1 Å². The highest BCUT2D eigenvalue weighted by atomic mass is 16.3. The number of carbonyl (C=O) groups excluding carboxylic acids is 3. The zero-order valence-corrected chi connectivity index (χ0v) is 9.95. The Morgan fingerprint density at radius 1 is 1.21 bits per heavy atom. The number of aliphatic hydroxyl groups excluding tert-OH is 2. The van der Waals surface area contributed by atoms with Crippen molar-refractivity contribution in [3.63, 3.8) is 0 Å². The summed E-state index contributed by atoms with van der Waals surface area (Å²) in [7, 11) is 0. The van der Waals surface area contributed by atoms with Crippen molar-refractivity contribution in [2.75, 3.05) is 0 Å². The van der Waals surface area contributed by atoms with Gasteiger partial charge in [-0.3, -0.25) is 14.4 Å². The molecule has 0 aliphatic rings. The Balaban J connectivity index is 2.53. The second-order valence-corrected chi connectivity index (χ2v) is 3.87. The number of hydrogen-bond donors (Lipinski definition) is 4. The summed E-state index contributed by atoms with van der Waals surface area (Å²) in [5.41, 5.74) is 5.95. The van der Waals surface area contributed by atoms with Crippen LogP contribution in [-0.4, -0.2) is 40.5 Å². The lowest BCUT2D eigenvalue weighted by Gasteiger charge is -2.14. The Morgan fingerprint density at radius 2 is 1.79 bits per heavy atom. The summed E-state index contributed by atoms with van der Waals surface area (Å²) in [6.07, 6.45) is -3.17. The number of nitrogens with two attached hydrogens (primary N) is 1. The molecule has 102 valence electrons. The molecular formula is C12H14N2O5. The predicted molar refractivity (Wildman–Crippen MR) is 64.9 cm³/mol. The van der Waals surface area contributed by atoms with Crippen molar-refractivity contribution in [1.29, 1.82) is 0 Å². The van der Waals surface area contributed by atoms with Crippen LogP contribution in [0.4, 0.5) is 0 Å². The van der Waals surface area contributed by atoms with Crippen molar-refractivity contribution in [2.24, 2.45) is 5.73 Å². The highest BCUT2D eigenvalue weighted by molar-refractivity contribution is 5.89. The first kappa shape index (κ1) is 14.8. The number of aliphatic hydroxyl groups is 2. The monoisotopic (exact) mass is 266 g/mol. The van der Waals surface area contributed by atoms with Gasteiger partial charge in [0, 0.05) is 12.1 Å². The standard InChI is InChI=1S/C12H14N2O5/c13-11(18)9(16)10(17)12(19)14-5-7-1-3-8(6-15)4-2-7/h1-4,6,9-10,16-17H,5H2,(H2,13,18)(H,14,19). The fourth-order valence-corrected chi connectivity index (χ4v) is 1.31. The molecule has 0 saturated carbocycles. The first-order valence-corrected chi connectivity index (χ1v) is 5.43. The molecule has 0 saturated heterocycles. The van der Waals surface area contributed by atoms with Gasteiger partial charge in [-0.2, -0.15) is 0 Å². The predicted octanol–water partition coefficient (Wildman–Crippen LogP) is -1.68. The number of hydrogen-bond acceptors (Lipinski definition) is 5. The van der Waals surface area contributed by atoms with E-state index in [-0.39, 0.29) is 6.54 Å². The molecule has 19 heavy (non-hydrogen) atoms. The van der Waals surface area contributed by atoms with Gasteiger partial charge in [-0.1, -0.05) is 24.3 Å². The Labute approximate surface area is 109 Å². The molecule has 0 aliphatic heterocycles. The Bertz CT molecular complexity index is 472. The van der Waals surface area contributed by atoms with Crippen molar-refractivity contribution in [2.45, 2.75) is 18.8 Å². The summed E-state index contributed by atoms with van der Waals surface area (Å²) in [5, 5.41) is 20.7. The number of rotatable bonds is 6. The summed E-state index contributed by atoms with van der Waals surface area (Å²) in [6.45, 7) is 0.0838. The Hall–Kier alpha value is -2.25. The van der Waals surface area contributed by atoms with E-state index in [1.54, 1.807) is 24.3 Å². The van der Waals surface area contributed by atoms with E-state index in [4.69, 9.17) is 10.8 Å². The number of nitrogens with one attached hydrogen (secondary N) is 1. The third-order valence-corrected chi connectivity index (χ3v) is 2.44. The average molecular weight is 266 g/mol. The fraction of sp³-hybridized carbons (Fsp3) is 0.250. The summed E-state index contributed by atoms with van der Waals surface area (Å²) < 4.78 is 0. The van der Waals surface area contributed by atoms with Crippen molar-refractivity contribution in [1.82, 2.24) is 5.32 Å². The maximum Gasteiger partial charge on any atom is 0.252 e. The van der Waals surface area contributed by atoms with Crippen LogP contribution in [0.5, 0.6) is 0 Å². The lowest BCUT2D eigenvalue weighted by Crippen LogP contribution is -2.47. The number of benzene rings is 1. The van der Waals surface area contributed by atoms with Crippen molar-refractivity contribution in [3.05, 3.63) is 35.4 Å².